The smallest absolute Gasteiger partial charge is 0.195 e. The molecule has 0 unspecified atom stereocenters. The largest absolute Gasteiger partial charge is 0.490 e. The number of guanidine groups is 1. The molecule has 2 N–H and O–H groups in total. The molecule has 2 heterocycles. The number of ether oxygens (including phenoxy) is 2. The van der Waals surface area contributed by atoms with Crippen LogP contribution in [0.3, 0.4) is 0 Å². The highest BCUT2D eigenvalue weighted by molar-refractivity contribution is 5.93. The molecule has 6 heteroatoms. The fraction of sp³-hybridized carbons (Fsp3) is 0.368. The molecule has 0 spiro atoms. The Morgan fingerprint density at radius 1 is 1.16 bits per heavy atom. The lowest BCUT2D eigenvalue weighted by Gasteiger charge is -2.14. The monoisotopic (exact) mass is 340 g/mol. The summed E-state index contributed by atoms with van der Waals surface area (Å²) in [6.45, 7) is 4.13. The predicted molar refractivity (Wildman–Crippen MR) is 99.7 cm³/mol. The van der Waals surface area contributed by atoms with E-state index in [1.54, 1.807) is 7.05 Å². The van der Waals surface area contributed by atoms with Gasteiger partial charge in [0.25, 0.3) is 0 Å². The highest BCUT2D eigenvalue weighted by Gasteiger charge is 2.11. The van der Waals surface area contributed by atoms with Crippen LogP contribution in [-0.4, -0.2) is 37.7 Å². The zero-order valence-corrected chi connectivity index (χ0v) is 14.7. The number of benzene rings is 1. The van der Waals surface area contributed by atoms with Gasteiger partial charge in [-0.25, -0.2) is 0 Å². The van der Waals surface area contributed by atoms with E-state index in [9.17, 15) is 0 Å². The van der Waals surface area contributed by atoms with E-state index < -0.39 is 0 Å². The molecule has 6 nitrogen and oxygen atoms in total. The zero-order valence-electron chi connectivity index (χ0n) is 14.7. The minimum absolute atomic E-state index is 0.675. The van der Waals surface area contributed by atoms with Crippen LogP contribution in [0, 0.1) is 6.92 Å². The lowest BCUT2D eigenvalue weighted by atomic mass is 10.2. The van der Waals surface area contributed by atoms with Crippen molar-refractivity contribution in [2.45, 2.75) is 19.8 Å². The third-order valence-electron chi connectivity index (χ3n) is 3.91. The zero-order chi connectivity index (χ0) is 17.5. The van der Waals surface area contributed by atoms with Crippen LogP contribution in [0.1, 0.15) is 17.7 Å². The average Bonchev–Trinajstić information content (AvgIpc) is 2.87. The lowest BCUT2D eigenvalue weighted by molar-refractivity contribution is 0.297. The first kappa shape index (κ1) is 17.1. The number of hydrogen-bond acceptors (Lipinski definition) is 4. The molecule has 3 rings (SSSR count). The number of nitrogens with one attached hydrogen (secondary N) is 2. The Labute approximate surface area is 148 Å². The summed E-state index contributed by atoms with van der Waals surface area (Å²) in [6, 6.07) is 9.96. The Morgan fingerprint density at radius 2 is 2.00 bits per heavy atom. The van der Waals surface area contributed by atoms with E-state index in [4.69, 9.17) is 9.47 Å². The van der Waals surface area contributed by atoms with Crippen molar-refractivity contribution in [3.8, 4) is 11.5 Å². The number of hydrogen-bond donors (Lipinski definition) is 2. The van der Waals surface area contributed by atoms with Crippen molar-refractivity contribution in [3.05, 3.63) is 47.8 Å². The molecular weight excluding hydrogens is 316 g/mol. The van der Waals surface area contributed by atoms with Crippen LogP contribution in [0.25, 0.3) is 0 Å². The molecule has 0 amide bonds. The van der Waals surface area contributed by atoms with Crippen LogP contribution >= 0.6 is 0 Å². The topological polar surface area (TPSA) is 67.8 Å². The van der Waals surface area contributed by atoms with Gasteiger partial charge in [-0.3, -0.25) is 9.98 Å². The number of aliphatic imine (C=N–C) groups is 1. The standard InChI is InChI=1S/C19H24N4O2/c1-14-4-5-15(13-22-14)8-9-21-19(20-2)23-16-6-7-17-18(12-16)25-11-3-10-24-17/h4-7,12-13H,3,8-11H2,1-2H3,(H2,20,21,23). The van der Waals surface area contributed by atoms with E-state index in [-0.39, 0.29) is 0 Å². The maximum Gasteiger partial charge on any atom is 0.195 e. The summed E-state index contributed by atoms with van der Waals surface area (Å²) in [4.78, 5) is 8.58. The van der Waals surface area contributed by atoms with Crippen LogP contribution in [0.4, 0.5) is 5.69 Å². The van der Waals surface area contributed by atoms with Crippen molar-refractivity contribution in [1.82, 2.24) is 10.3 Å². The fourth-order valence-corrected chi connectivity index (χ4v) is 2.53. The van der Waals surface area contributed by atoms with Crippen molar-refractivity contribution >= 4 is 11.6 Å². The van der Waals surface area contributed by atoms with Gasteiger partial charge >= 0.3 is 0 Å². The van der Waals surface area contributed by atoms with E-state index in [0.29, 0.717) is 13.2 Å². The van der Waals surface area contributed by atoms with E-state index in [0.717, 1.165) is 48.2 Å². The van der Waals surface area contributed by atoms with Crippen molar-refractivity contribution in [3.63, 3.8) is 0 Å². The maximum atomic E-state index is 5.72. The fourth-order valence-electron chi connectivity index (χ4n) is 2.53. The molecule has 0 radical (unpaired) electrons. The molecule has 1 aromatic heterocycles. The molecule has 0 bridgehead atoms. The molecule has 1 aromatic carbocycles. The second-order valence-corrected chi connectivity index (χ2v) is 5.89. The van der Waals surface area contributed by atoms with Gasteiger partial charge in [-0.1, -0.05) is 6.07 Å². The highest BCUT2D eigenvalue weighted by atomic mass is 16.5. The number of fused-ring (bicyclic) bond motifs is 1. The highest BCUT2D eigenvalue weighted by Crippen LogP contribution is 2.32. The van der Waals surface area contributed by atoms with Gasteiger partial charge in [0.05, 0.1) is 13.2 Å². The molecular formula is C19H24N4O2. The molecule has 0 saturated heterocycles. The summed E-state index contributed by atoms with van der Waals surface area (Å²) in [5.41, 5.74) is 3.14. The third-order valence-corrected chi connectivity index (χ3v) is 3.91. The first-order chi connectivity index (χ1) is 12.2. The number of rotatable bonds is 4. The van der Waals surface area contributed by atoms with Gasteiger partial charge in [-0.15, -0.1) is 0 Å². The molecule has 2 aromatic rings. The van der Waals surface area contributed by atoms with E-state index in [2.05, 4.69) is 26.7 Å². The molecule has 132 valence electrons. The summed E-state index contributed by atoms with van der Waals surface area (Å²) in [6.07, 6.45) is 3.70. The van der Waals surface area contributed by atoms with Crippen LogP contribution < -0.4 is 20.1 Å². The minimum atomic E-state index is 0.675. The molecule has 0 aliphatic carbocycles. The van der Waals surface area contributed by atoms with Crippen molar-refractivity contribution in [1.29, 1.82) is 0 Å². The van der Waals surface area contributed by atoms with E-state index >= 15 is 0 Å². The van der Waals surface area contributed by atoms with Gasteiger partial charge < -0.3 is 20.1 Å². The van der Waals surface area contributed by atoms with E-state index in [1.165, 1.54) is 5.56 Å². The second kappa shape index (κ2) is 8.37. The molecule has 25 heavy (non-hydrogen) atoms. The summed E-state index contributed by atoms with van der Waals surface area (Å²) in [5, 5.41) is 6.59. The summed E-state index contributed by atoms with van der Waals surface area (Å²) in [7, 11) is 1.76. The SMILES string of the molecule is CN=C(NCCc1ccc(C)nc1)Nc1ccc2c(c1)OCCCO2. The van der Waals surface area contributed by atoms with Gasteiger partial charge in [-0.2, -0.15) is 0 Å². The Balaban J connectivity index is 1.55. The van der Waals surface area contributed by atoms with Crippen LogP contribution in [0.5, 0.6) is 11.5 Å². The molecule has 0 saturated carbocycles. The average molecular weight is 340 g/mol. The number of aromatic nitrogens is 1. The van der Waals surface area contributed by atoms with Crippen molar-refractivity contribution < 1.29 is 9.47 Å². The number of aryl methyl sites for hydroxylation is 1. The number of nitrogens with zero attached hydrogens (tertiary/aromatic N) is 2. The van der Waals surface area contributed by atoms with Crippen LogP contribution in [0.15, 0.2) is 41.5 Å². The van der Waals surface area contributed by atoms with Crippen molar-refractivity contribution in [2.24, 2.45) is 4.99 Å². The Morgan fingerprint density at radius 3 is 2.76 bits per heavy atom. The lowest BCUT2D eigenvalue weighted by Crippen LogP contribution is -2.32. The molecule has 1 aliphatic rings. The van der Waals surface area contributed by atoms with Crippen LogP contribution in [0.2, 0.25) is 0 Å². The van der Waals surface area contributed by atoms with Crippen molar-refractivity contribution in [2.75, 3.05) is 32.1 Å². The Bertz CT molecular complexity index is 729. The number of pyridine rings is 1. The van der Waals surface area contributed by atoms with E-state index in [1.807, 2.05) is 37.4 Å². The number of anilines is 1. The van der Waals surface area contributed by atoms with Gasteiger partial charge in [0.15, 0.2) is 17.5 Å². The van der Waals surface area contributed by atoms with Crippen LogP contribution in [-0.2, 0) is 6.42 Å². The third kappa shape index (κ3) is 4.86. The Hall–Kier alpha value is -2.76. The van der Waals surface area contributed by atoms with Gasteiger partial charge in [-0.05, 0) is 37.1 Å². The second-order valence-electron chi connectivity index (χ2n) is 5.89. The Kier molecular flexibility index (Phi) is 5.72. The quantitative estimate of drug-likeness (QED) is 0.662. The van der Waals surface area contributed by atoms with Gasteiger partial charge in [0, 0.05) is 43.7 Å². The molecule has 0 atom stereocenters. The first-order valence-electron chi connectivity index (χ1n) is 8.53. The normalized spacial score (nSPS) is 13.9. The van der Waals surface area contributed by atoms with Gasteiger partial charge in [0.1, 0.15) is 0 Å². The first-order valence-corrected chi connectivity index (χ1v) is 8.53. The maximum absolute atomic E-state index is 5.72. The van der Waals surface area contributed by atoms with Gasteiger partial charge in [0.2, 0.25) is 0 Å². The summed E-state index contributed by atoms with van der Waals surface area (Å²) < 4.78 is 11.4. The molecule has 1 aliphatic heterocycles. The summed E-state index contributed by atoms with van der Waals surface area (Å²) in [5.74, 6) is 2.27. The minimum Gasteiger partial charge on any atom is -0.490 e. The summed E-state index contributed by atoms with van der Waals surface area (Å²) >= 11 is 0. The molecule has 0 fully saturated rings. The predicted octanol–water partition coefficient (Wildman–Crippen LogP) is 2.78.